The molecule has 0 unspecified atom stereocenters. The Bertz CT molecular complexity index is 461. The molecule has 0 aromatic rings. The van der Waals surface area contributed by atoms with E-state index in [9.17, 15) is 8.42 Å². The van der Waals surface area contributed by atoms with Crippen LogP contribution >= 0.6 is 0 Å². The van der Waals surface area contributed by atoms with Crippen LogP contribution in [0.4, 0.5) is 0 Å². The minimum Gasteiger partial charge on any atom is -0.394 e. The van der Waals surface area contributed by atoms with Gasteiger partial charge in [0, 0.05) is 32.6 Å². The second-order valence-corrected chi connectivity index (χ2v) is 6.76. The van der Waals surface area contributed by atoms with E-state index in [0.29, 0.717) is 26.2 Å². The van der Waals surface area contributed by atoms with E-state index in [-0.39, 0.29) is 5.92 Å². The molecule has 0 aliphatic rings. The molecule has 0 rings (SSSR count). The molecule has 0 spiro atoms. The van der Waals surface area contributed by atoms with Gasteiger partial charge in [-0.25, -0.2) is 12.7 Å². The van der Waals surface area contributed by atoms with Crippen molar-refractivity contribution < 1.29 is 13.3 Å². The Hall–Kier alpha value is -1.10. The van der Waals surface area contributed by atoms with Gasteiger partial charge in [-0.1, -0.05) is 24.9 Å². The molecule has 0 saturated carbocycles. The molecule has 6 nitrogen and oxygen atoms in total. The molecule has 0 saturated heterocycles. The Labute approximate surface area is 122 Å². The van der Waals surface area contributed by atoms with Gasteiger partial charge in [-0.2, -0.15) is 0 Å². The third kappa shape index (κ3) is 8.91. The second-order valence-electron chi connectivity index (χ2n) is 4.67. The van der Waals surface area contributed by atoms with Crippen molar-refractivity contribution in [1.29, 1.82) is 0 Å². The predicted octanol–water partition coefficient (Wildman–Crippen LogP) is 0.519. The first-order valence-corrected chi connectivity index (χ1v) is 8.38. The van der Waals surface area contributed by atoms with Gasteiger partial charge in [-0.15, -0.1) is 0 Å². The van der Waals surface area contributed by atoms with Gasteiger partial charge >= 0.3 is 0 Å². The van der Waals surface area contributed by atoms with Crippen LogP contribution in [0, 0.1) is 17.8 Å². The second kappa shape index (κ2) is 9.75. The van der Waals surface area contributed by atoms with Gasteiger partial charge in [0.25, 0.3) is 0 Å². The molecule has 0 aromatic carbocycles. The lowest BCUT2D eigenvalue weighted by atomic mass is 10.1. The molecule has 0 bridgehead atoms. The average Bonchev–Trinajstić information content (AvgIpc) is 2.34. The minimum absolute atomic E-state index is 0.235. The third-order valence-corrected chi connectivity index (χ3v) is 3.82. The van der Waals surface area contributed by atoms with Crippen LogP contribution in [0.5, 0.6) is 0 Å². The number of nitrogens with zero attached hydrogens (tertiary/aromatic N) is 2. The van der Waals surface area contributed by atoms with Gasteiger partial charge in [0.1, 0.15) is 12.3 Å². The van der Waals surface area contributed by atoms with Crippen LogP contribution in [0.3, 0.4) is 0 Å². The monoisotopic (exact) mass is 303 g/mol. The summed E-state index contributed by atoms with van der Waals surface area (Å²) in [6.45, 7) is 7.80. The van der Waals surface area contributed by atoms with Crippen molar-refractivity contribution in [3.8, 4) is 11.8 Å². The van der Waals surface area contributed by atoms with Crippen LogP contribution in [-0.4, -0.2) is 58.0 Å². The summed E-state index contributed by atoms with van der Waals surface area (Å²) in [5.74, 6) is 5.93. The molecule has 7 heteroatoms. The van der Waals surface area contributed by atoms with Crippen molar-refractivity contribution >= 4 is 15.7 Å². The maximum Gasteiger partial charge on any atom is 0.210 e. The number of rotatable bonds is 9. The van der Waals surface area contributed by atoms with Gasteiger partial charge in [-0.3, -0.25) is 0 Å². The molecule has 116 valence electrons. The van der Waals surface area contributed by atoms with Crippen LogP contribution in [-0.2, 0) is 14.9 Å². The van der Waals surface area contributed by atoms with Crippen LogP contribution < -0.4 is 5.32 Å². The van der Waals surface area contributed by atoms with Crippen molar-refractivity contribution in [2.45, 2.75) is 20.8 Å². The summed E-state index contributed by atoms with van der Waals surface area (Å²) < 4.78 is 23.6. The summed E-state index contributed by atoms with van der Waals surface area (Å²) in [6.07, 6.45) is 1.19. The molecule has 0 aliphatic carbocycles. The number of hydrogen-bond donors (Lipinski definition) is 1. The number of likely N-dealkylation sites (N-methyl/N-ethyl adjacent to an activating group) is 1. The Balaban J connectivity index is 3.82. The van der Waals surface area contributed by atoms with Crippen molar-refractivity contribution in [2.75, 3.05) is 39.5 Å². The van der Waals surface area contributed by atoms with Crippen molar-refractivity contribution in [3.63, 3.8) is 0 Å². The molecule has 0 amide bonds. The average molecular weight is 303 g/mol. The third-order valence-electron chi connectivity index (χ3n) is 2.50. The molecule has 1 N–H and O–H groups in total. The van der Waals surface area contributed by atoms with E-state index >= 15 is 0 Å². The Morgan fingerprint density at radius 2 is 2.05 bits per heavy atom. The summed E-state index contributed by atoms with van der Waals surface area (Å²) in [4.78, 5) is 5.18. The van der Waals surface area contributed by atoms with E-state index < -0.39 is 10.0 Å². The molecule has 0 aromatic heterocycles. The number of oxime groups is 1. The zero-order valence-corrected chi connectivity index (χ0v) is 13.7. The highest BCUT2D eigenvalue weighted by molar-refractivity contribution is 7.88. The van der Waals surface area contributed by atoms with Crippen molar-refractivity contribution in [1.82, 2.24) is 9.62 Å². The topological polar surface area (TPSA) is 71.0 Å². The highest BCUT2D eigenvalue weighted by Gasteiger charge is 2.09. The van der Waals surface area contributed by atoms with Crippen molar-refractivity contribution in [2.24, 2.45) is 11.1 Å². The zero-order valence-electron chi connectivity index (χ0n) is 12.9. The highest BCUT2D eigenvalue weighted by atomic mass is 32.2. The first kappa shape index (κ1) is 18.9. The summed E-state index contributed by atoms with van der Waals surface area (Å²) in [6, 6.07) is 0. The van der Waals surface area contributed by atoms with Crippen LogP contribution in [0.1, 0.15) is 20.8 Å². The SMILES string of the molecule is CC#C/C(=N\OCCNCCN(C)S(C)(=O)=O)C(C)C. The standard InChI is InChI=1S/C13H25N3O3S/c1-6-7-13(12(2)3)15-19-11-9-14-8-10-16(4)20(5,17)18/h12,14H,8-11H2,1-5H3/b15-13+. The quantitative estimate of drug-likeness (QED) is 0.292. The first-order chi connectivity index (χ1) is 9.29. The smallest absolute Gasteiger partial charge is 0.210 e. The number of nitrogens with one attached hydrogen (secondary N) is 1. The summed E-state index contributed by atoms with van der Waals surface area (Å²) >= 11 is 0. The molecule has 0 heterocycles. The molecule has 0 aliphatic heterocycles. The van der Waals surface area contributed by atoms with Crippen LogP contribution in [0.2, 0.25) is 0 Å². The van der Waals surface area contributed by atoms with Gasteiger partial charge < -0.3 is 10.2 Å². The van der Waals surface area contributed by atoms with E-state index in [1.54, 1.807) is 14.0 Å². The number of hydrogen-bond acceptors (Lipinski definition) is 5. The minimum atomic E-state index is -3.10. The molecule has 20 heavy (non-hydrogen) atoms. The molecular formula is C13H25N3O3S. The summed E-state index contributed by atoms with van der Waals surface area (Å²) in [5, 5.41) is 7.07. The summed E-state index contributed by atoms with van der Waals surface area (Å²) in [5.41, 5.74) is 0.726. The Morgan fingerprint density at radius 1 is 1.40 bits per heavy atom. The van der Waals surface area contributed by atoms with Crippen molar-refractivity contribution in [3.05, 3.63) is 0 Å². The van der Waals surface area contributed by atoms with Gasteiger partial charge in [0.15, 0.2) is 0 Å². The van der Waals surface area contributed by atoms with Gasteiger partial charge in [-0.05, 0) is 12.8 Å². The fourth-order valence-corrected chi connectivity index (χ4v) is 1.58. The summed E-state index contributed by atoms with van der Waals surface area (Å²) in [7, 11) is -1.55. The lowest BCUT2D eigenvalue weighted by Gasteiger charge is -2.13. The lowest BCUT2D eigenvalue weighted by molar-refractivity contribution is 0.145. The van der Waals surface area contributed by atoms with Gasteiger partial charge in [0.05, 0.1) is 6.26 Å². The maximum atomic E-state index is 11.1. The predicted molar refractivity (Wildman–Crippen MR) is 82.0 cm³/mol. The molecule has 0 atom stereocenters. The van der Waals surface area contributed by atoms with Gasteiger partial charge in [0.2, 0.25) is 10.0 Å². The normalized spacial score (nSPS) is 12.4. The van der Waals surface area contributed by atoms with E-state index in [4.69, 9.17) is 4.84 Å². The fraction of sp³-hybridized carbons (Fsp3) is 0.769. The highest BCUT2D eigenvalue weighted by Crippen LogP contribution is 1.96. The van der Waals surface area contributed by atoms with E-state index in [1.807, 2.05) is 13.8 Å². The largest absolute Gasteiger partial charge is 0.394 e. The first-order valence-electron chi connectivity index (χ1n) is 6.53. The fourth-order valence-electron chi connectivity index (χ4n) is 1.16. The molecular weight excluding hydrogens is 278 g/mol. The maximum absolute atomic E-state index is 11.1. The van der Waals surface area contributed by atoms with E-state index in [2.05, 4.69) is 22.3 Å². The zero-order chi connectivity index (χ0) is 15.6. The van der Waals surface area contributed by atoms with E-state index in [1.165, 1.54) is 10.6 Å². The molecule has 0 radical (unpaired) electrons. The van der Waals surface area contributed by atoms with Crippen LogP contribution in [0.15, 0.2) is 5.16 Å². The number of sulfonamides is 1. The molecule has 0 fully saturated rings. The van der Waals surface area contributed by atoms with Crippen LogP contribution in [0.25, 0.3) is 0 Å². The Morgan fingerprint density at radius 3 is 2.55 bits per heavy atom. The lowest BCUT2D eigenvalue weighted by Crippen LogP contribution is -2.34. The Kier molecular flexibility index (Phi) is 9.21. The van der Waals surface area contributed by atoms with E-state index in [0.717, 1.165) is 5.71 Å².